The molecular weight excluding hydrogens is 446 g/mol. The summed E-state index contributed by atoms with van der Waals surface area (Å²) in [6, 6.07) is 14.8. The van der Waals surface area contributed by atoms with Crippen molar-refractivity contribution in [1.29, 1.82) is 0 Å². The Morgan fingerprint density at radius 3 is 2.68 bits per heavy atom. The summed E-state index contributed by atoms with van der Waals surface area (Å²) in [4.78, 5) is 29.2. The van der Waals surface area contributed by atoms with Crippen LogP contribution in [0.1, 0.15) is 46.1 Å². The van der Waals surface area contributed by atoms with Crippen LogP contribution in [0.5, 0.6) is 0 Å². The molecule has 2 atom stereocenters. The number of alkyl halides is 2. The van der Waals surface area contributed by atoms with Crippen LogP contribution < -0.4 is 0 Å². The normalized spacial score (nSPS) is 20.1. The quantitative estimate of drug-likeness (QED) is 0.569. The van der Waals surface area contributed by atoms with Crippen LogP contribution in [0, 0.1) is 0 Å². The Balaban J connectivity index is 1.43. The molecule has 0 radical (unpaired) electrons. The fraction of sp³-hybridized carbons (Fsp3) is 0.333. The summed E-state index contributed by atoms with van der Waals surface area (Å²) in [5.74, 6) is -1.05. The van der Waals surface area contributed by atoms with Crippen molar-refractivity contribution < 1.29 is 27.5 Å². The highest BCUT2D eigenvalue weighted by Crippen LogP contribution is 2.37. The van der Waals surface area contributed by atoms with Crippen molar-refractivity contribution in [2.45, 2.75) is 31.4 Å². The number of piperidine rings is 1. The molecule has 0 bridgehead atoms. The molecule has 5 rings (SSSR count). The second-order valence-electron chi connectivity index (χ2n) is 8.34. The van der Waals surface area contributed by atoms with Crippen molar-refractivity contribution in [3.63, 3.8) is 0 Å². The molecule has 2 aliphatic rings. The van der Waals surface area contributed by atoms with Crippen LogP contribution in [0.4, 0.5) is 13.6 Å². The lowest BCUT2D eigenvalue weighted by Crippen LogP contribution is -2.51. The summed E-state index contributed by atoms with van der Waals surface area (Å²) in [5, 5.41) is 7.04. The van der Waals surface area contributed by atoms with E-state index in [1.807, 2.05) is 35.2 Å². The highest BCUT2D eigenvalue weighted by molar-refractivity contribution is 5.99. The zero-order valence-electron chi connectivity index (χ0n) is 18.4. The third-order valence-electron chi connectivity index (χ3n) is 6.45. The van der Waals surface area contributed by atoms with Gasteiger partial charge in [0.25, 0.3) is 11.8 Å². The Hall–Kier alpha value is -3.82. The van der Waals surface area contributed by atoms with Gasteiger partial charge in [0.2, 0.25) is 5.89 Å². The van der Waals surface area contributed by atoms with Crippen molar-refractivity contribution in [3.05, 3.63) is 71.1 Å². The van der Waals surface area contributed by atoms with Gasteiger partial charge in [-0.15, -0.1) is 10.2 Å². The summed E-state index contributed by atoms with van der Waals surface area (Å²) in [7, 11) is 1.36. The topological polar surface area (TPSA) is 88.8 Å². The highest BCUT2D eigenvalue weighted by atomic mass is 19.3. The van der Waals surface area contributed by atoms with Crippen molar-refractivity contribution in [2.24, 2.45) is 0 Å². The average molecular weight is 468 g/mol. The minimum absolute atomic E-state index is 0.0575. The number of benzene rings is 2. The fourth-order valence-corrected chi connectivity index (χ4v) is 4.80. The molecule has 1 aromatic heterocycles. The first-order valence-electron chi connectivity index (χ1n) is 10.9. The summed E-state index contributed by atoms with van der Waals surface area (Å²) < 4.78 is 35.6. The van der Waals surface area contributed by atoms with Crippen LogP contribution in [-0.2, 0) is 11.3 Å². The zero-order chi connectivity index (χ0) is 23.8. The lowest BCUT2D eigenvalue weighted by Gasteiger charge is -2.42. The molecular formula is C24H22F2N4O4. The van der Waals surface area contributed by atoms with Gasteiger partial charge in [0.15, 0.2) is 0 Å². The molecule has 10 heteroatoms. The summed E-state index contributed by atoms with van der Waals surface area (Å²) >= 11 is 0. The Bertz CT molecular complexity index is 1220. The van der Waals surface area contributed by atoms with Crippen LogP contribution in [0.15, 0.2) is 52.9 Å². The van der Waals surface area contributed by atoms with Gasteiger partial charge in [-0.2, -0.15) is 8.78 Å². The number of aromatic nitrogens is 2. The molecule has 0 spiro atoms. The third kappa shape index (κ3) is 3.89. The number of carbonyl (C=O) groups excluding carboxylic acids is 2. The molecule has 2 aromatic carbocycles. The Morgan fingerprint density at radius 1 is 1.18 bits per heavy atom. The van der Waals surface area contributed by atoms with Crippen LogP contribution in [0.25, 0.3) is 11.5 Å². The van der Waals surface area contributed by atoms with Gasteiger partial charge in [0, 0.05) is 42.7 Å². The second-order valence-corrected chi connectivity index (χ2v) is 8.34. The van der Waals surface area contributed by atoms with Crippen molar-refractivity contribution >= 4 is 12.0 Å². The molecule has 2 amide bonds. The van der Waals surface area contributed by atoms with E-state index in [0.717, 1.165) is 11.1 Å². The predicted octanol–water partition coefficient (Wildman–Crippen LogP) is 4.25. The first-order valence-corrected chi connectivity index (χ1v) is 10.9. The predicted molar refractivity (Wildman–Crippen MR) is 116 cm³/mol. The van der Waals surface area contributed by atoms with Gasteiger partial charge in [-0.1, -0.05) is 36.4 Å². The summed E-state index contributed by atoms with van der Waals surface area (Å²) in [5.41, 5.74) is 2.77. The van der Waals surface area contributed by atoms with E-state index in [9.17, 15) is 18.4 Å². The van der Waals surface area contributed by atoms with Crippen LogP contribution in [0.3, 0.4) is 0 Å². The van der Waals surface area contributed by atoms with Crippen molar-refractivity contribution in [2.75, 3.05) is 20.2 Å². The van der Waals surface area contributed by atoms with Gasteiger partial charge in [0.1, 0.15) is 0 Å². The van der Waals surface area contributed by atoms with Gasteiger partial charge in [-0.3, -0.25) is 4.79 Å². The molecule has 0 aliphatic carbocycles. The monoisotopic (exact) mass is 468 g/mol. The van der Waals surface area contributed by atoms with Gasteiger partial charge >= 0.3 is 12.5 Å². The van der Waals surface area contributed by atoms with Gasteiger partial charge in [-0.25, -0.2) is 4.79 Å². The number of amides is 2. The van der Waals surface area contributed by atoms with E-state index in [2.05, 4.69) is 10.2 Å². The van der Waals surface area contributed by atoms with E-state index in [1.165, 1.54) is 7.11 Å². The van der Waals surface area contributed by atoms with E-state index < -0.39 is 12.3 Å². The molecule has 2 aliphatic heterocycles. The number of carbonyl (C=O) groups is 2. The Labute approximate surface area is 194 Å². The van der Waals surface area contributed by atoms with Crippen LogP contribution >= 0.6 is 0 Å². The maximum atomic E-state index is 13.5. The zero-order valence-corrected chi connectivity index (χ0v) is 18.4. The molecule has 0 unspecified atom stereocenters. The smallest absolute Gasteiger partial charge is 0.409 e. The van der Waals surface area contributed by atoms with Crippen LogP contribution in [0.2, 0.25) is 0 Å². The lowest BCUT2D eigenvalue weighted by molar-refractivity contribution is 0.0516. The largest absolute Gasteiger partial charge is 0.453 e. The third-order valence-corrected chi connectivity index (χ3v) is 6.45. The van der Waals surface area contributed by atoms with Gasteiger partial charge < -0.3 is 19.0 Å². The molecule has 1 saturated heterocycles. The van der Waals surface area contributed by atoms with Gasteiger partial charge in [-0.05, 0) is 29.7 Å². The first kappa shape index (κ1) is 22.0. The fourth-order valence-electron chi connectivity index (χ4n) is 4.80. The van der Waals surface area contributed by atoms with E-state index in [0.29, 0.717) is 37.2 Å². The SMILES string of the molecule is COC(=O)N1CC[C@@H](N2Cc3ccc(-c4nnc(C(F)F)o4)cc3C2=O)[C@@H](c2ccccc2)C1. The molecule has 34 heavy (non-hydrogen) atoms. The number of rotatable bonds is 4. The number of hydrogen-bond donors (Lipinski definition) is 0. The minimum Gasteiger partial charge on any atom is -0.453 e. The molecule has 1 fully saturated rings. The molecule has 176 valence electrons. The number of likely N-dealkylation sites (tertiary alicyclic amines) is 1. The summed E-state index contributed by atoms with van der Waals surface area (Å²) in [6.07, 6.45) is -2.65. The number of halogens is 2. The van der Waals surface area contributed by atoms with E-state index in [4.69, 9.17) is 9.15 Å². The van der Waals surface area contributed by atoms with Gasteiger partial charge in [0.05, 0.1) is 7.11 Å². The maximum Gasteiger partial charge on any atom is 0.409 e. The number of fused-ring (bicyclic) bond motifs is 1. The molecule has 3 aromatic rings. The van der Waals surface area contributed by atoms with E-state index in [-0.39, 0.29) is 29.9 Å². The van der Waals surface area contributed by atoms with E-state index >= 15 is 0 Å². The number of ether oxygens (including phenoxy) is 1. The number of hydrogen-bond acceptors (Lipinski definition) is 6. The van der Waals surface area contributed by atoms with Crippen LogP contribution in [-0.4, -0.2) is 58.2 Å². The highest BCUT2D eigenvalue weighted by Gasteiger charge is 2.41. The molecule has 8 nitrogen and oxygen atoms in total. The molecule has 0 saturated carbocycles. The van der Waals surface area contributed by atoms with Crippen molar-refractivity contribution in [3.8, 4) is 11.5 Å². The lowest BCUT2D eigenvalue weighted by atomic mass is 9.85. The number of methoxy groups -OCH3 is 1. The minimum atomic E-state index is -2.86. The molecule has 0 N–H and O–H groups in total. The second kappa shape index (κ2) is 8.85. The summed E-state index contributed by atoms with van der Waals surface area (Å²) in [6.45, 7) is 1.34. The maximum absolute atomic E-state index is 13.5. The number of nitrogens with zero attached hydrogens (tertiary/aromatic N) is 4. The van der Waals surface area contributed by atoms with Crippen molar-refractivity contribution in [1.82, 2.24) is 20.0 Å². The first-order chi connectivity index (χ1) is 16.5. The Morgan fingerprint density at radius 2 is 1.97 bits per heavy atom. The van der Waals surface area contributed by atoms with E-state index in [1.54, 1.807) is 23.1 Å². The average Bonchev–Trinajstić information content (AvgIpc) is 3.49. The molecule has 3 heterocycles. The Kier molecular flexibility index (Phi) is 5.72. The standard InChI is InChI=1S/C24H22F2N4O4/c1-33-24(32)29-10-9-19(18(13-29)14-5-3-2-4-6-14)30-12-16-8-7-15(11-17(16)23(30)31)21-27-28-22(34-21)20(25)26/h2-8,11,18-20H,9-10,12-13H2,1H3/t18-,19-/m1/s1.